The Balaban J connectivity index is 1.57. The molecule has 1 aliphatic heterocycles. The van der Waals surface area contributed by atoms with E-state index in [9.17, 15) is 4.39 Å². The number of hydrogen-bond acceptors (Lipinski definition) is 6. The second-order valence-electron chi connectivity index (χ2n) is 7.73. The van der Waals surface area contributed by atoms with Crippen LogP contribution in [0, 0.1) is 12.7 Å². The van der Waals surface area contributed by atoms with Gasteiger partial charge in [0.05, 0.1) is 12.3 Å². The fourth-order valence-corrected chi connectivity index (χ4v) is 3.98. The van der Waals surface area contributed by atoms with Crippen LogP contribution in [-0.4, -0.2) is 26.0 Å². The summed E-state index contributed by atoms with van der Waals surface area (Å²) in [6, 6.07) is 6.79. The summed E-state index contributed by atoms with van der Waals surface area (Å²) < 4.78 is 22.0. The molecule has 1 aromatic carbocycles. The predicted molar refractivity (Wildman–Crippen MR) is 116 cm³/mol. The average molecular weight is 418 g/mol. The highest BCUT2D eigenvalue weighted by Crippen LogP contribution is 2.32. The topological polar surface area (TPSA) is 90.4 Å². The van der Waals surface area contributed by atoms with E-state index >= 15 is 0 Å². The molecule has 31 heavy (non-hydrogen) atoms. The number of fused-ring (bicyclic) bond motifs is 2. The van der Waals surface area contributed by atoms with Crippen molar-refractivity contribution >= 4 is 11.6 Å². The molecular weight excluding hydrogens is 395 g/mol. The highest BCUT2D eigenvalue weighted by Gasteiger charge is 2.21. The number of benzene rings is 1. The van der Waals surface area contributed by atoms with Crippen LogP contribution in [0.3, 0.4) is 0 Å². The fraction of sp³-hybridized carbons (Fsp3) is 0.261. The van der Waals surface area contributed by atoms with Crippen LogP contribution >= 0.6 is 0 Å². The van der Waals surface area contributed by atoms with Crippen molar-refractivity contribution in [3.8, 4) is 16.9 Å². The maximum atomic E-state index is 14.5. The quantitative estimate of drug-likeness (QED) is 0.512. The van der Waals surface area contributed by atoms with Crippen molar-refractivity contribution in [2.45, 2.75) is 32.9 Å². The van der Waals surface area contributed by atoms with Crippen molar-refractivity contribution in [2.24, 2.45) is 5.73 Å². The molecule has 0 amide bonds. The standard InChI is InChI=1S/C23H23FN6O/c1-13(25)20-12-30-22(29-20)18(15-4-3-8-26-14(15)2)11-28-23(30)27-10-17-16-7-9-31-21(16)6-5-19(17)24/h3-6,8,11-13H,7,9-10,25H2,1-2H3,(H,27,28). The van der Waals surface area contributed by atoms with Crippen molar-refractivity contribution in [1.29, 1.82) is 0 Å². The zero-order valence-electron chi connectivity index (χ0n) is 17.4. The second kappa shape index (κ2) is 7.63. The van der Waals surface area contributed by atoms with Gasteiger partial charge in [-0.3, -0.25) is 9.38 Å². The number of rotatable bonds is 5. The lowest BCUT2D eigenvalue weighted by Crippen LogP contribution is -2.10. The maximum absolute atomic E-state index is 14.5. The Kier molecular flexibility index (Phi) is 4.78. The maximum Gasteiger partial charge on any atom is 0.208 e. The van der Waals surface area contributed by atoms with Gasteiger partial charge in [-0.15, -0.1) is 0 Å². The normalized spacial score (nSPS) is 13.8. The number of aromatic nitrogens is 4. The number of ether oxygens (including phenoxy) is 1. The first-order valence-corrected chi connectivity index (χ1v) is 10.3. The molecule has 0 spiro atoms. The Labute approximate surface area is 179 Å². The zero-order valence-corrected chi connectivity index (χ0v) is 17.4. The number of nitrogens with zero attached hydrogens (tertiary/aromatic N) is 4. The molecule has 0 radical (unpaired) electrons. The van der Waals surface area contributed by atoms with Crippen LogP contribution in [0.25, 0.3) is 16.8 Å². The third-order valence-electron chi connectivity index (χ3n) is 5.64. The lowest BCUT2D eigenvalue weighted by Gasteiger charge is -2.13. The summed E-state index contributed by atoms with van der Waals surface area (Å²) in [5, 5.41) is 3.28. The van der Waals surface area contributed by atoms with E-state index in [0.29, 0.717) is 24.5 Å². The summed E-state index contributed by atoms with van der Waals surface area (Å²) in [5.74, 6) is 1.06. The molecule has 1 unspecified atom stereocenters. The summed E-state index contributed by atoms with van der Waals surface area (Å²) in [6.07, 6.45) is 6.11. The number of aryl methyl sites for hydroxylation is 1. The number of anilines is 1. The van der Waals surface area contributed by atoms with E-state index in [0.717, 1.165) is 39.5 Å². The molecule has 7 nitrogen and oxygen atoms in total. The number of imidazole rings is 1. The summed E-state index contributed by atoms with van der Waals surface area (Å²) in [6.45, 7) is 4.71. The first-order valence-electron chi connectivity index (χ1n) is 10.3. The molecule has 4 heterocycles. The van der Waals surface area contributed by atoms with E-state index in [1.165, 1.54) is 6.07 Å². The summed E-state index contributed by atoms with van der Waals surface area (Å²) in [4.78, 5) is 13.8. The van der Waals surface area contributed by atoms with E-state index in [-0.39, 0.29) is 18.4 Å². The minimum absolute atomic E-state index is 0.234. The van der Waals surface area contributed by atoms with Gasteiger partial charge in [0.15, 0.2) is 0 Å². The second-order valence-corrected chi connectivity index (χ2v) is 7.73. The van der Waals surface area contributed by atoms with Gasteiger partial charge >= 0.3 is 0 Å². The minimum Gasteiger partial charge on any atom is -0.493 e. The van der Waals surface area contributed by atoms with Gasteiger partial charge in [0.25, 0.3) is 0 Å². The van der Waals surface area contributed by atoms with Crippen LogP contribution in [0.1, 0.15) is 35.5 Å². The Morgan fingerprint density at radius 2 is 2.13 bits per heavy atom. The molecule has 0 saturated carbocycles. The van der Waals surface area contributed by atoms with Crippen molar-refractivity contribution in [3.05, 3.63) is 71.2 Å². The molecule has 0 bridgehead atoms. The summed E-state index contributed by atoms with van der Waals surface area (Å²) >= 11 is 0. The molecule has 3 N–H and O–H groups in total. The molecule has 0 saturated heterocycles. The van der Waals surface area contributed by atoms with Crippen LogP contribution in [0.4, 0.5) is 10.3 Å². The SMILES string of the molecule is Cc1ncccc1-c1cnc(NCc2c(F)ccc3c2CCO3)n2cc(C(C)N)nc12. The van der Waals surface area contributed by atoms with E-state index in [4.69, 9.17) is 15.5 Å². The Morgan fingerprint density at radius 1 is 1.26 bits per heavy atom. The first kappa shape index (κ1) is 19.4. The highest BCUT2D eigenvalue weighted by atomic mass is 19.1. The van der Waals surface area contributed by atoms with Gasteiger partial charge < -0.3 is 15.8 Å². The van der Waals surface area contributed by atoms with Gasteiger partial charge in [-0.1, -0.05) is 6.07 Å². The number of hydrogen-bond donors (Lipinski definition) is 2. The largest absolute Gasteiger partial charge is 0.493 e. The molecule has 158 valence electrons. The molecule has 5 rings (SSSR count). The molecule has 1 atom stereocenters. The van der Waals surface area contributed by atoms with Crippen LogP contribution in [0.15, 0.2) is 42.9 Å². The van der Waals surface area contributed by atoms with Crippen LogP contribution in [-0.2, 0) is 13.0 Å². The van der Waals surface area contributed by atoms with E-state index in [1.54, 1.807) is 18.5 Å². The number of nitrogens with one attached hydrogen (secondary N) is 1. The molecule has 0 aliphatic carbocycles. The zero-order chi connectivity index (χ0) is 21.5. The van der Waals surface area contributed by atoms with Gasteiger partial charge in [0.1, 0.15) is 17.2 Å². The molecule has 0 fully saturated rings. The fourth-order valence-electron chi connectivity index (χ4n) is 3.98. The van der Waals surface area contributed by atoms with Gasteiger partial charge in [-0.05, 0) is 32.0 Å². The van der Waals surface area contributed by atoms with Gasteiger partial charge in [0, 0.05) is 65.5 Å². The predicted octanol–water partition coefficient (Wildman–Crippen LogP) is 3.81. The van der Waals surface area contributed by atoms with Gasteiger partial charge in [-0.2, -0.15) is 0 Å². The third-order valence-corrected chi connectivity index (χ3v) is 5.64. The van der Waals surface area contributed by atoms with E-state index < -0.39 is 0 Å². The molecule has 3 aromatic heterocycles. The van der Waals surface area contributed by atoms with Crippen LogP contribution in [0.5, 0.6) is 5.75 Å². The smallest absolute Gasteiger partial charge is 0.208 e. The summed E-state index contributed by atoms with van der Waals surface area (Å²) in [7, 11) is 0. The molecule has 4 aromatic rings. The Hall–Kier alpha value is -3.52. The molecule has 8 heteroatoms. The number of nitrogens with two attached hydrogens (primary N) is 1. The van der Waals surface area contributed by atoms with E-state index in [2.05, 4.69) is 15.3 Å². The highest BCUT2D eigenvalue weighted by molar-refractivity contribution is 5.79. The Bertz CT molecular complexity index is 1280. The Morgan fingerprint density at radius 3 is 2.94 bits per heavy atom. The van der Waals surface area contributed by atoms with E-state index in [1.807, 2.05) is 36.6 Å². The van der Waals surface area contributed by atoms with Crippen molar-refractivity contribution in [3.63, 3.8) is 0 Å². The van der Waals surface area contributed by atoms with Crippen molar-refractivity contribution < 1.29 is 9.13 Å². The van der Waals surface area contributed by atoms with Crippen LogP contribution < -0.4 is 15.8 Å². The first-order chi connectivity index (χ1) is 15.0. The average Bonchev–Trinajstić information content (AvgIpc) is 3.41. The minimum atomic E-state index is -0.252. The number of halogens is 1. The van der Waals surface area contributed by atoms with Gasteiger partial charge in [-0.25, -0.2) is 14.4 Å². The summed E-state index contributed by atoms with van der Waals surface area (Å²) in [5.41, 5.74) is 11.8. The van der Waals surface area contributed by atoms with Crippen molar-refractivity contribution in [1.82, 2.24) is 19.4 Å². The lowest BCUT2D eigenvalue weighted by molar-refractivity contribution is 0.356. The van der Waals surface area contributed by atoms with Crippen molar-refractivity contribution in [2.75, 3.05) is 11.9 Å². The number of pyridine rings is 1. The molecular formula is C23H23FN6O. The van der Waals surface area contributed by atoms with Gasteiger partial charge in [0.2, 0.25) is 5.95 Å². The molecule has 1 aliphatic rings. The van der Waals surface area contributed by atoms with Crippen LogP contribution in [0.2, 0.25) is 0 Å². The third kappa shape index (κ3) is 3.38. The monoisotopic (exact) mass is 418 g/mol. The lowest BCUT2D eigenvalue weighted by atomic mass is 10.0.